The normalized spacial score (nSPS) is 13.3. The molecule has 0 aliphatic heterocycles. The molecule has 0 aromatic heterocycles. The van der Waals surface area contributed by atoms with Gasteiger partial charge in [-0.25, -0.2) is 8.42 Å². The third kappa shape index (κ3) is 4.36. The van der Waals surface area contributed by atoms with Crippen LogP contribution in [-0.2, 0) is 15.7 Å². The summed E-state index contributed by atoms with van der Waals surface area (Å²) in [6.45, 7) is 0. The van der Waals surface area contributed by atoms with Gasteiger partial charge in [-0.05, 0) is 0 Å². The zero-order valence-corrected chi connectivity index (χ0v) is 7.41. The lowest BCUT2D eigenvalue weighted by molar-refractivity contribution is -0.273. The first-order valence-electron chi connectivity index (χ1n) is 3.04. The molecule has 0 radical (unpaired) electrons. The Kier molecular flexibility index (Phi) is 3.96. The Bertz CT molecular complexity index is 295. The van der Waals surface area contributed by atoms with Crippen LogP contribution in [0.3, 0.4) is 0 Å². The number of thiol groups is 1. The lowest BCUT2D eigenvalue weighted by Gasteiger charge is -2.20. The van der Waals surface area contributed by atoms with E-state index in [4.69, 9.17) is 0 Å². The first-order valence-corrected chi connectivity index (χ1v) is 4.22. The summed E-state index contributed by atoms with van der Waals surface area (Å²) < 4.78 is 90.4. The van der Waals surface area contributed by atoms with Crippen LogP contribution in [-0.4, -0.2) is 26.7 Å². The number of amides is 1. The van der Waals surface area contributed by atoms with Gasteiger partial charge in [0.1, 0.15) is 0 Å². The van der Waals surface area contributed by atoms with Crippen molar-refractivity contribution < 1.29 is 39.6 Å². The summed E-state index contributed by atoms with van der Waals surface area (Å²) in [4.78, 5) is 10.3. The minimum Gasteiger partial charge on any atom is -0.273 e. The first kappa shape index (κ1) is 14.0. The zero-order chi connectivity index (χ0) is 12.4. The van der Waals surface area contributed by atoms with Gasteiger partial charge in [-0.3, -0.25) is 9.52 Å². The van der Waals surface area contributed by atoms with Crippen molar-refractivity contribution >= 4 is 16.8 Å². The van der Waals surface area contributed by atoms with Crippen molar-refractivity contribution in [2.45, 2.75) is 12.4 Å². The van der Waals surface area contributed by atoms with Gasteiger partial charge in [0.05, 0.1) is 0 Å². The van der Waals surface area contributed by atoms with Gasteiger partial charge in [-0.15, -0.1) is 0 Å². The van der Waals surface area contributed by atoms with Crippen LogP contribution in [0.25, 0.3) is 0 Å². The van der Waals surface area contributed by atoms with Crippen LogP contribution in [0.1, 0.15) is 0 Å². The van der Waals surface area contributed by atoms with Crippen LogP contribution in [0.5, 0.6) is 0 Å². The van der Waals surface area contributed by atoms with Crippen LogP contribution < -0.4 is 4.72 Å². The Hall–Kier alpha value is -1.00. The van der Waals surface area contributed by atoms with Crippen LogP contribution >= 0.6 is 0 Å². The maximum absolute atomic E-state index is 11.7. The highest BCUT2D eigenvalue weighted by molar-refractivity contribution is 7.71. The number of carbonyl (C=O) groups is 1. The Balaban J connectivity index is 5.06. The number of rotatable bonds is 2. The van der Waals surface area contributed by atoms with Crippen molar-refractivity contribution in [1.82, 2.24) is 4.72 Å². The molecule has 0 heterocycles. The lowest BCUT2D eigenvalue weighted by Crippen LogP contribution is -2.47. The molecule has 0 aliphatic carbocycles. The van der Waals surface area contributed by atoms with E-state index >= 15 is 0 Å². The monoisotopic (exact) mass is 259 g/mol. The summed E-state index contributed by atoms with van der Waals surface area (Å²) in [6.07, 6.45) is -11.8. The summed E-state index contributed by atoms with van der Waals surface area (Å²) in [5.74, 6) is -7.02. The second-order valence-corrected chi connectivity index (χ2v) is 2.99. The molecule has 90 valence electrons. The van der Waals surface area contributed by atoms with Gasteiger partial charge in [0, 0.05) is 0 Å². The molecule has 0 saturated carbocycles. The quantitative estimate of drug-likeness (QED) is 0.556. The van der Waals surface area contributed by atoms with Gasteiger partial charge in [0.25, 0.3) is 5.91 Å². The van der Waals surface area contributed by atoms with Gasteiger partial charge >= 0.3 is 12.4 Å². The SMILES string of the molecule is O=C(N[SH](=O)=O)C(C(F)(F)F)C(F)(F)F. The summed E-state index contributed by atoms with van der Waals surface area (Å²) in [7, 11) is -3.87. The lowest BCUT2D eigenvalue weighted by atomic mass is 10.1. The van der Waals surface area contributed by atoms with E-state index in [2.05, 4.69) is 0 Å². The van der Waals surface area contributed by atoms with E-state index in [1.54, 1.807) is 0 Å². The molecule has 11 heteroatoms. The standard InChI is InChI=1S/C4H3F6NO3S/c5-3(6,7)1(4(8,9)10)2(12)11-15(13)14/h1,15H,(H,11,12,13,14). The summed E-state index contributed by atoms with van der Waals surface area (Å²) in [5.41, 5.74) is 0. The number of halogens is 6. The van der Waals surface area contributed by atoms with Crippen molar-refractivity contribution in [3.05, 3.63) is 0 Å². The molecule has 0 fully saturated rings. The topological polar surface area (TPSA) is 63.2 Å². The number of hydrogen-bond donors (Lipinski definition) is 2. The van der Waals surface area contributed by atoms with Crippen LogP contribution in [0.15, 0.2) is 0 Å². The Morgan fingerprint density at radius 2 is 1.33 bits per heavy atom. The summed E-state index contributed by atoms with van der Waals surface area (Å²) in [6, 6.07) is 0. The molecule has 15 heavy (non-hydrogen) atoms. The largest absolute Gasteiger partial charge is 0.409 e. The van der Waals surface area contributed by atoms with E-state index in [-0.39, 0.29) is 0 Å². The molecule has 0 spiro atoms. The van der Waals surface area contributed by atoms with Crippen molar-refractivity contribution in [2.24, 2.45) is 5.92 Å². The second-order valence-electron chi connectivity index (χ2n) is 2.25. The third-order valence-electron chi connectivity index (χ3n) is 1.12. The van der Waals surface area contributed by atoms with E-state index in [0.29, 0.717) is 4.72 Å². The zero-order valence-electron chi connectivity index (χ0n) is 6.52. The van der Waals surface area contributed by atoms with Crippen molar-refractivity contribution in [3.8, 4) is 0 Å². The van der Waals surface area contributed by atoms with Crippen molar-refractivity contribution in [1.29, 1.82) is 0 Å². The van der Waals surface area contributed by atoms with Gasteiger partial charge < -0.3 is 0 Å². The van der Waals surface area contributed by atoms with Gasteiger partial charge in [0.2, 0.25) is 16.8 Å². The predicted molar refractivity (Wildman–Crippen MR) is 34.1 cm³/mol. The van der Waals surface area contributed by atoms with Gasteiger partial charge in [-0.2, -0.15) is 26.3 Å². The predicted octanol–water partition coefficient (Wildman–Crippen LogP) is 0.370. The third-order valence-corrected chi connectivity index (χ3v) is 1.52. The van der Waals surface area contributed by atoms with E-state index in [9.17, 15) is 39.6 Å². The average molecular weight is 259 g/mol. The molecule has 1 N–H and O–H groups in total. The highest BCUT2D eigenvalue weighted by Crippen LogP contribution is 2.39. The Morgan fingerprint density at radius 3 is 1.53 bits per heavy atom. The maximum Gasteiger partial charge on any atom is 0.409 e. The number of hydrogen-bond acceptors (Lipinski definition) is 3. The fourth-order valence-electron chi connectivity index (χ4n) is 0.637. The van der Waals surface area contributed by atoms with Gasteiger partial charge in [0.15, 0.2) is 0 Å². The van der Waals surface area contributed by atoms with Crippen molar-refractivity contribution in [2.75, 3.05) is 0 Å². The Labute approximate surface area is 80.3 Å². The Morgan fingerprint density at radius 1 is 1.00 bits per heavy atom. The average Bonchev–Trinajstić information content (AvgIpc) is 1.74. The molecular formula is C4H3F6NO3S. The van der Waals surface area contributed by atoms with E-state index in [1.165, 1.54) is 0 Å². The molecule has 0 saturated heterocycles. The van der Waals surface area contributed by atoms with Crippen molar-refractivity contribution in [3.63, 3.8) is 0 Å². The number of alkyl halides is 6. The molecular weight excluding hydrogens is 256 g/mol. The fraction of sp³-hybridized carbons (Fsp3) is 0.750. The highest BCUT2D eigenvalue weighted by Gasteiger charge is 2.61. The summed E-state index contributed by atoms with van der Waals surface area (Å²) >= 11 is 0. The molecule has 0 bridgehead atoms. The minimum absolute atomic E-state index is 0.531. The number of nitrogens with one attached hydrogen (secondary N) is 1. The van der Waals surface area contributed by atoms with E-state index < -0.39 is 35.1 Å². The molecule has 4 nitrogen and oxygen atoms in total. The van der Waals surface area contributed by atoms with E-state index in [0.717, 1.165) is 0 Å². The molecule has 0 aliphatic rings. The number of carbonyl (C=O) groups excluding carboxylic acids is 1. The highest BCUT2D eigenvalue weighted by atomic mass is 32.2. The molecule has 0 atom stereocenters. The first-order chi connectivity index (χ1) is 6.46. The van der Waals surface area contributed by atoms with Crippen LogP contribution in [0.2, 0.25) is 0 Å². The van der Waals surface area contributed by atoms with Gasteiger partial charge in [-0.1, -0.05) is 0 Å². The molecule has 0 unspecified atom stereocenters. The molecule has 0 aromatic carbocycles. The molecule has 0 rings (SSSR count). The maximum atomic E-state index is 11.7. The minimum atomic E-state index is -5.90. The van der Waals surface area contributed by atoms with Crippen LogP contribution in [0, 0.1) is 5.92 Å². The van der Waals surface area contributed by atoms with Crippen LogP contribution in [0.4, 0.5) is 26.3 Å². The molecule has 0 aromatic rings. The second kappa shape index (κ2) is 4.24. The fourth-order valence-corrected chi connectivity index (χ4v) is 0.946. The van der Waals surface area contributed by atoms with E-state index in [1.807, 2.05) is 0 Å². The molecule has 1 amide bonds. The smallest absolute Gasteiger partial charge is 0.273 e. The summed E-state index contributed by atoms with van der Waals surface area (Å²) in [5, 5.41) is 0.